The van der Waals surface area contributed by atoms with Gasteiger partial charge in [-0.3, -0.25) is 0 Å². The van der Waals surface area contributed by atoms with E-state index in [0.717, 1.165) is 24.1 Å². The van der Waals surface area contributed by atoms with Crippen LogP contribution < -0.4 is 0 Å². The van der Waals surface area contributed by atoms with Crippen molar-refractivity contribution in [2.24, 2.45) is 0 Å². The van der Waals surface area contributed by atoms with Crippen LogP contribution in [0, 0.1) is 0 Å². The van der Waals surface area contributed by atoms with E-state index in [-0.39, 0.29) is 11.8 Å². The number of fused-ring (bicyclic) bond motifs is 1. The van der Waals surface area contributed by atoms with Crippen molar-refractivity contribution < 1.29 is 19.4 Å². The maximum Gasteiger partial charge on any atom is 0.410 e. The molecular formula is C14H20N2O4. The van der Waals surface area contributed by atoms with Crippen molar-refractivity contribution >= 4 is 12.1 Å². The number of hydrogen-bond donors (Lipinski definition) is 2. The number of H-pyrrole nitrogens is 1. The van der Waals surface area contributed by atoms with Crippen LogP contribution >= 0.6 is 0 Å². The van der Waals surface area contributed by atoms with Gasteiger partial charge in [-0.05, 0) is 45.2 Å². The number of nitrogens with zero attached hydrogens (tertiary/aromatic N) is 1. The molecule has 6 nitrogen and oxygen atoms in total. The topological polar surface area (TPSA) is 82.6 Å². The molecule has 1 amide bonds. The summed E-state index contributed by atoms with van der Waals surface area (Å²) in [6.07, 6.45) is 1.16. The SMILES string of the molecule is CC(C)(C)OC(=O)N1CCCc2[nH]c(C(=O)O)cc2C1. The van der Waals surface area contributed by atoms with Crippen molar-refractivity contribution in [1.29, 1.82) is 0 Å². The molecule has 1 aliphatic rings. The zero-order valence-electron chi connectivity index (χ0n) is 12.0. The number of amides is 1. The molecule has 0 atom stereocenters. The predicted octanol–water partition coefficient (Wildman–Crippen LogP) is 2.40. The first-order valence-electron chi connectivity index (χ1n) is 6.68. The van der Waals surface area contributed by atoms with Gasteiger partial charge in [0.05, 0.1) is 6.54 Å². The molecule has 0 aliphatic carbocycles. The molecule has 2 rings (SSSR count). The second kappa shape index (κ2) is 5.19. The Morgan fingerprint density at radius 3 is 2.70 bits per heavy atom. The van der Waals surface area contributed by atoms with Crippen molar-refractivity contribution in [3.05, 3.63) is 23.0 Å². The van der Waals surface area contributed by atoms with Gasteiger partial charge in [0.2, 0.25) is 0 Å². The van der Waals surface area contributed by atoms with Gasteiger partial charge in [-0.2, -0.15) is 0 Å². The fourth-order valence-corrected chi connectivity index (χ4v) is 2.23. The van der Waals surface area contributed by atoms with Crippen LogP contribution in [0.25, 0.3) is 0 Å². The third kappa shape index (κ3) is 3.31. The molecule has 6 heteroatoms. The first-order valence-corrected chi connectivity index (χ1v) is 6.68. The molecule has 0 aromatic carbocycles. The van der Waals surface area contributed by atoms with Crippen LogP contribution in [-0.4, -0.2) is 39.2 Å². The van der Waals surface area contributed by atoms with Gasteiger partial charge in [0, 0.05) is 12.2 Å². The molecule has 0 unspecified atom stereocenters. The van der Waals surface area contributed by atoms with Gasteiger partial charge in [-0.15, -0.1) is 0 Å². The Balaban J connectivity index is 2.15. The number of rotatable bonds is 1. The minimum Gasteiger partial charge on any atom is -0.477 e. The predicted molar refractivity (Wildman–Crippen MR) is 72.7 cm³/mol. The van der Waals surface area contributed by atoms with Crippen LogP contribution in [-0.2, 0) is 17.7 Å². The maximum absolute atomic E-state index is 12.1. The van der Waals surface area contributed by atoms with Crippen LogP contribution in [0.4, 0.5) is 4.79 Å². The van der Waals surface area contributed by atoms with E-state index >= 15 is 0 Å². The van der Waals surface area contributed by atoms with Crippen LogP contribution in [0.5, 0.6) is 0 Å². The van der Waals surface area contributed by atoms with Gasteiger partial charge in [0.15, 0.2) is 0 Å². The number of carbonyl (C=O) groups excluding carboxylic acids is 1. The van der Waals surface area contributed by atoms with Crippen molar-refractivity contribution in [3.8, 4) is 0 Å². The number of carboxylic acids is 1. The lowest BCUT2D eigenvalue weighted by atomic mass is 10.2. The second-order valence-electron chi connectivity index (χ2n) is 6.00. The van der Waals surface area contributed by atoms with Crippen molar-refractivity contribution in [2.45, 2.75) is 45.8 Å². The normalized spacial score (nSPS) is 15.4. The molecule has 2 N–H and O–H groups in total. The third-order valence-corrected chi connectivity index (χ3v) is 3.09. The fourth-order valence-electron chi connectivity index (χ4n) is 2.23. The molecule has 2 heterocycles. The molecule has 20 heavy (non-hydrogen) atoms. The number of nitrogens with one attached hydrogen (secondary N) is 1. The highest BCUT2D eigenvalue weighted by molar-refractivity contribution is 5.86. The molecule has 110 valence electrons. The number of aromatic amines is 1. The zero-order chi connectivity index (χ0) is 14.9. The molecule has 0 radical (unpaired) electrons. The summed E-state index contributed by atoms with van der Waals surface area (Å²) in [7, 11) is 0. The van der Waals surface area contributed by atoms with E-state index in [1.165, 1.54) is 0 Å². The highest BCUT2D eigenvalue weighted by atomic mass is 16.6. The van der Waals surface area contributed by atoms with Crippen LogP contribution in [0.2, 0.25) is 0 Å². The summed E-state index contributed by atoms with van der Waals surface area (Å²) < 4.78 is 5.36. The first kappa shape index (κ1) is 14.4. The summed E-state index contributed by atoms with van der Waals surface area (Å²) in [6, 6.07) is 1.60. The molecule has 1 aromatic heterocycles. The average molecular weight is 280 g/mol. The summed E-state index contributed by atoms with van der Waals surface area (Å²) in [4.78, 5) is 27.6. The second-order valence-corrected chi connectivity index (χ2v) is 6.00. The van der Waals surface area contributed by atoms with Gasteiger partial charge in [0.25, 0.3) is 0 Å². The van der Waals surface area contributed by atoms with Crippen LogP contribution in [0.3, 0.4) is 0 Å². The lowest BCUT2D eigenvalue weighted by Crippen LogP contribution is -2.36. The smallest absolute Gasteiger partial charge is 0.410 e. The maximum atomic E-state index is 12.1. The van der Waals surface area contributed by atoms with Crippen LogP contribution in [0.15, 0.2) is 6.07 Å². The zero-order valence-corrected chi connectivity index (χ0v) is 12.0. The summed E-state index contributed by atoms with van der Waals surface area (Å²) in [5.74, 6) is -0.984. The lowest BCUT2D eigenvalue weighted by molar-refractivity contribution is 0.0237. The fraction of sp³-hybridized carbons (Fsp3) is 0.571. The van der Waals surface area contributed by atoms with E-state index in [1.807, 2.05) is 20.8 Å². The van der Waals surface area contributed by atoms with Crippen molar-refractivity contribution in [1.82, 2.24) is 9.88 Å². The van der Waals surface area contributed by atoms with E-state index in [0.29, 0.717) is 13.1 Å². The standard InChI is InChI=1S/C14H20N2O4/c1-14(2,3)20-13(19)16-6-4-5-10-9(8-16)7-11(15-10)12(17)18/h7,15H,4-6,8H2,1-3H3,(H,17,18). The Labute approximate surface area is 117 Å². The van der Waals surface area contributed by atoms with Gasteiger partial charge < -0.3 is 19.7 Å². The molecule has 0 spiro atoms. The molecule has 0 bridgehead atoms. The quantitative estimate of drug-likeness (QED) is 0.827. The average Bonchev–Trinajstić information content (AvgIpc) is 2.59. The van der Waals surface area contributed by atoms with Crippen LogP contribution in [0.1, 0.15) is 48.9 Å². The Morgan fingerprint density at radius 2 is 2.10 bits per heavy atom. The molecule has 1 aromatic rings. The monoisotopic (exact) mass is 280 g/mol. The van der Waals surface area contributed by atoms with Gasteiger partial charge in [-0.25, -0.2) is 9.59 Å². The largest absolute Gasteiger partial charge is 0.477 e. The van der Waals surface area contributed by atoms with Gasteiger partial charge >= 0.3 is 12.1 Å². The van der Waals surface area contributed by atoms with Crippen molar-refractivity contribution in [3.63, 3.8) is 0 Å². The summed E-state index contributed by atoms with van der Waals surface area (Å²) >= 11 is 0. The minimum absolute atomic E-state index is 0.168. The number of aryl methyl sites for hydroxylation is 1. The Kier molecular flexibility index (Phi) is 3.74. The van der Waals surface area contributed by atoms with E-state index in [2.05, 4.69) is 4.98 Å². The van der Waals surface area contributed by atoms with Crippen molar-refractivity contribution in [2.75, 3.05) is 6.54 Å². The number of hydrogen-bond acceptors (Lipinski definition) is 3. The molecule has 1 aliphatic heterocycles. The Bertz CT molecular complexity index is 528. The third-order valence-electron chi connectivity index (χ3n) is 3.09. The molecule has 0 saturated heterocycles. The molecule has 0 fully saturated rings. The molecular weight excluding hydrogens is 260 g/mol. The Hall–Kier alpha value is -1.98. The number of aromatic nitrogens is 1. The van der Waals surface area contributed by atoms with Gasteiger partial charge in [-0.1, -0.05) is 0 Å². The summed E-state index contributed by atoms with van der Waals surface area (Å²) in [5, 5.41) is 9.00. The number of carbonyl (C=O) groups is 2. The highest BCUT2D eigenvalue weighted by Gasteiger charge is 2.26. The summed E-state index contributed by atoms with van der Waals surface area (Å²) in [6.45, 7) is 6.47. The Morgan fingerprint density at radius 1 is 1.40 bits per heavy atom. The summed E-state index contributed by atoms with van der Waals surface area (Å²) in [5.41, 5.74) is 1.39. The van der Waals surface area contributed by atoms with E-state index in [4.69, 9.17) is 9.84 Å². The van der Waals surface area contributed by atoms with Gasteiger partial charge in [0.1, 0.15) is 11.3 Å². The highest BCUT2D eigenvalue weighted by Crippen LogP contribution is 2.21. The molecule has 0 saturated carbocycles. The van der Waals surface area contributed by atoms with E-state index in [1.54, 1.807) is 11.0 Å². The number of aromatic carboxylic acids is 1. The van der Waals surface area contributed by atoms with E-state index in [9.17, 15) is 9.59 Å². The first-order chi connectivity index (χ1) is 9.26. The minimum atomic E-state index is -0.984. The number of carboxylic acid groups (broad SMARTS) is 1. The lowest BCUT2D eigenvalue weighted by Gasteiger charge is -2.26. The number of ether oxygens (including phenoxy) is 1. The van der Waals surface area contributed by atoms with E-state index < -0.39 is 11.6 Å².